The fraction of sp³-hybridized carbons (Fsp3) is 0.659. The topological polar surface area (TPSA) is 174 Å². The maximum absolute atomic E-state index is 14.5. The Hall–Kier alpha value is -3.89. The van der Waals surface area contributed by atoms with Crippen LogP contribution in [0.5, 0.6) is 0 Å². The quantitative estimate of drug-likeness (QED) is 0.0807. The van der Waals surface area contributed by atoms with Crippen molar-refractivity contribution < 1.29 is 33.8 Å². The number of hydrogen-bond acceptors (Lipinski definition) is 9. The highest BCUT2D eigenvalue weighted by Gasteiger charge is 2.33. The molecule has 326 valence electrons. The number of benzene rings is 2. The van der Waals surface area contributed by atoms with E-state index in [0.29, 0.717) is 102 Å². The molecule has 15 heteroatoms. The monoisotopic (exact) mass is 837 g/mol. The van der Waals surface area contributed by atoms with Crippen molar-refractivity contribution in [1.82, 2.24) is 36.4 Å². The highest BCUT2D eigenvalue weighted by Crippen LogP contribution is 2.29. The highest BCUT2D eigenvalue weighted by atomic mass is 32.1. The first-order chi connectivity index (χ1) is 28.7. The molecule has 2 aliphatic heterocycles. The van der Waals surface area contributed by atoms with E-state index in [9.17, 15) is 24.3 Å². The number of nitrogens with zero attached hydrogens (tertiary/aromatic N) is 2. The third-order valence-corrected chi connectivity index (χ3v) is 12.3. The summed E-state index contributed by atoms with van der Waals surface area (Å²) in [5.74, 6) is -1.62. The number of rotatable bonds is 21. The van der Waals surface area contributed by atoms with E-state index >= 15 is 0 Å². The zero-order valence-electron chi connectivity index (χ0n) is 34.9. The van der Waals surface area contributed by atoms with Crippen molar-refractivity contribution in [2.24, 2.45) is 11.8 Å². The average molecular weight is 838 g/mol. The average Bonchev–Trinajstić information content (AvgIpc) is 3.26. The molecule has 2 aromatic rings. The van der Waals surface area contributed by atoms with Gasteiger partial charge in [0.05, 0.1) is 50.9 Å². The number of carbonyl (C=O) groups excluding carboxylic acids is 4. The van der Waals surface area contributed by atoms with E-state index in [-0.39, 0.29) is 30.6 Å². The molecule has 3 fully saturated rings. The summed E-state index contributed by atoms with van der Waals surface area (Å²) in [7, 11) is 1.75. The van der Waals surface area contributed by atoms with Gasteiger partial charge in [-0.15, -0.1) is 0 Å². The van der Waals surface area contributed by atoms with Crippen molar-refractivity contribution in [2.75, 3.05) is 79.3 Å². The van der Waals surface area contributed by atoms with E-state index < -0.39 is 30.0 Å². The van der Waals surface area contributed by atoms with Gasteiger partial charge in [-0.2, -0.15) is 0 Å². The first-order valence-corrected chi connectivity index (χ1v) is 22.2. The number of amides is 4. The summed E-state index contributed by atoms with van der Waals surface area (Å²) in [5, 5.41) is 29.3. The smallest absolute Gasteiger partial charge is 0.242 e. The molecule has 1 aliphatic carbocycles. The van der Waals surface area contributed by atoms with Gasteiger partial charge in [0, 0.05) is 59.3 Å². The number of aliphatic hydroxyl groups excluding tert-OH is 1. The van der Waals surface area contributed by atoms with Gasteiger partial charge in [-0.05, 0) is 66.6 Å². The van der Waals surface area contributed by atoms with E-state index in [1.165, 1.54) is 0 Å². The Bertz CT molecular complexity index is 1640. The summed E-state index contributed by atoms with van der Waals surface area (Å²) >= 11 is 5.23. The van der Waals surface area contributed by atoms with Crippen LogP contribution < -0.4 is 26.6 Å². The molecule has 4 unspecified atom stereocenters. The predicted molar refractivity (Wildman–Crippen MR) is 233 cm³/mol. The van der Waals surface area contributed by atoms with E-state index in [1.807, 2.05) is 42.5 Å². The molecule has 0 spiro atoms. The first-order valence-electron chi connectivity index (χ1n) is 21.8. The Morgan fingerprint density at radius 3 is 2.29 bits per heavy atom. The van der Waals surface area contributed by atoms with Gasteiger partial charge in [0.1, 0.15) is 6.04 Å². The molecule has 2 aromatic carbocycles. The fourth-order valence-electron chi connectivity index (χ4n) is 8.43. The number of aliphatic hydroxyl groups is 1. The van der Waals surface area contributed by atoms with Crippen molar-refractivity contribution in [3.63, 3.8) is 0 Å². The zero-order chi connectivity index (χ0) is 41.8. The molecule has 4 atom stereocenters. The number of fused-ring (bicyclic) bond motifs is 1. The normalized spacial score (nSPS) is 18.6. The molecule has 14 nitrogen and oxygen atoms in total. The Kier molecular flexibility index (Phi) is 19.6. The number of morpholine rings is 2. The number of nitrogens with one attached hydrogen (secondary N) is 5. The lowest BCUT2D eigenvalue weighted by molar-refractivity contribution is -0.140. The summed E-state index contributed by atoms with van der Waals surface area (Å²) in [6.45, 7) is 6.57. The summed E-state index contributed by atoms with van der Waals surface area (Å²) in [4.78, 5) is 59.7. The molecule has 6 N–H and O–H groups in total. The highest BCUT2D eigenvalue weighted by molar-refractivity contribution is 7.80. The molecule has 0 aromatic heterocycles. The second kappa shape index (κ2) is 25.0. The molecule has 2 heterocycles. The Labute approximate surface area is 355 Å². The van der Waals surface area contributed by atoms with E-state index in [4.69, 9.17) is 21.7 Å². The number of ether oxygens (including phenoxy) is 2. The minimum Gasteiger partial charge on any atom is -0.390 e. The van der Waals surface area contributed by atoms with E-state index in [2.05, 4.69) is 31.5 Å². The number of hydrogen-bond donors (Lipinski definition) is 6. The van der Waals surface area contributed by atoms with Gasteiger partial charge in [0.15, 0.2) is 5.11 Å². The molecule has 0 radical (unpaired) electrons. The summed E-state index contributed by atoms with van der Waals surface area (Å²) in [5.41, 5.74) is 0.949. The Morgan fingerprint density at radius 1 is 0.831 bits per heavy atom. The van der Waals surface area contributed by atoms with Gasteiger partial charge >= 0.3 is 0 Å². The number of carbonyl (C=O) groups is 4. The maximum Gasteiger partial charge on any atom is 0.242 e. The van der Waals surface area contributed by atoms with Gasteiger partial charge in [-0.3, -0.25) is 24.1 Å². The van der Waals surface area contributed by atoms with Gasteiger partial charge in [-0.1, -0.05) is 74.6 Å². The Morgan fingerprint density at radius 2 is 1.54 bits per heavy atom. The molecule has 5 rings (SSSR count). The summed E-state index contributed by atoms with van der Waals surface area (Å²) in [6, 6.07) is 12.3. The lowest BCUT2D eigenvalue weighted by Gasteiger charge is -2.32. The summed E-state index contributed by atoms with van der Waals surface area (Å²) in [6.07, 6.45) is 6.54. The molecule has 2 saturated heterocycles. The van der Waals surface area contributed by atoms with Crippen LogP contribution in [0, 0.1) is 11.8 Å². The van der Waals surface area contributed by atoms with Crippen molar-refractivity contribution in [1.29, 1.82) is 0 Å². The lowest BCUT2D eigenvalue weighted by atomic mass is 9.83. The van der Waals surface area contributed by atoms with Crippen LogP contribution in [0.4, 0.5) is 0 Å². The lowest BCUT2D eigenvalue weighted by Crippen LogP contribution is -2.54. The van der Waals surface area contributed by atoms with E-state index in [0.717, 1.165) is 61.5 Å². The van der Waals surface area contributed by atoms with Gasteiger partial charge in [-0.25, -0.2) is 0 Å². The van der Waals surface area contributed by atoms with Crippen molar-refractivity contribution >= 4 is 51.7 Å². The van der Waals surface area contributed by atoms with Gasteiger partial charge in [0.25, 0.3) is 0 Å². The molecule has 59 heavy (non-hydrogen) atoms. The van der Waals surface area contributed by atoms with Crippen LogP contribution in [-0.4, -0.2) is 141 Å². The van der Waals surface area contributed by atoms with Crippen LogP contribution in [0.15, 0.2) is 42.5 Å². The molecule has 4 amide bonds. The molecular weight excluding hydrogens is 771 g/mol. The van der Waals surface area contributed by atoms with Crippen molar-refractivity contribution in [2.45, 2.75) is 95.2 Å². The third-order valence-electron chi connectivity index (χ3n) is 11.9. The summed E-state index contributed by atoms with van der Waals surface area (Å²) < 4.78 is 10.9. The van der Waals surface area contributed by atoms with Crippen LogP contribution in [0.2, 0.25) is 0 Å². The Balaban J connectivity index is 1.31. The SMILES string of the molecule is CNC(=S)NCCCCC(NC(=O)C(CC(=O)N1CCOCC1)Cc1cccc2ccccc12)C(=O)NC(CC1CCCCC1)C(O)CC(=O)NCCN1CCOCC1. The van der Waals surface area contributed by atoms with Crippen molar-refractivity contribution in [3.8, 4) is 0 Å². The fourth-order valence-corrected chi connectivity index (χ4v) is 8.53. The van der Waals surface area contributed by atoms with Crippen LogP contribution >= 0.6 is 12.2 Å². The maximum atomic E-state index is 14.5. The van der Waals surface area contributed by atoms with Gasteiger partial charge < -0.3 is 46.1 Å². The largest absolute Gasteiger partial charge is 0.390 e. The number of thiocarbonyl (C=S) groups is 1. The van der Waals surface area contributed by atoms with Gasteiger partial charge in [0.2, 0.25) is 23.6 Å². The molecule has 3 aliphatic rings. The molecule has 1 saturated carbocycles. The zero-order valence-corrected chi connectivity index (χ0v) is 35.7. The van der Waals surface area contributed by atoms with Crippen LogP contribution in [-0.2, 0) is 35.1 Å². The van der Waals surface area contributed by atoms with Crippen molar-refractivity contribution in [3.05, 3.63) is 48.0 Å². The van der Waals surface area contributed by atoms with Crippen LogP contribution in [0.1, 0.15) is 76.2 Å². The molecular formula is C44H67N7O7S. The minimum atomic E-state index is -1.11. The van der Waals surface area contributed by atoms with Crippen LogP contribution in [0.3, 0.4) is 0 Å². The second-order valence-electron chi connectivity index (χ2n) is 16.2. The van der Waals surface area contributed by atoms with Crippen LogP contribution in [0.25, 0.3) is 10.8 Å². The minimum absolute atomic E-state index is 0.0154. The predicted octanol–water partition coefficient (Wildman–Crippen LogP) is 2.65. The first kappa shape index (κ1) is 46.2. The second-order valence-corrected chi connectivity index (χ2v) is 16.6. The third kappa shape index (κ3) is 15.6. The molecule has 0 bridgehead atoms. The number of unbranched alkanes of at least 4 members (excludes halogenated alkanes) is 1. The standard InChI is InChI=1S/C44H67N7O7S/c1-45-44(59)47-17-8-7-16-37(43(56)49-38(28-32-10-3-2-4-11-32)39(52)31-40(53)46-18-19-50-20-24-57-25-21-50)48-42(55)35(30-41(54)51-22-26-58-27-23-51)29-34-14-9-13-33-12-5-6-15-36(33)34/h5-6,9,12-15,32,35,37-39,52H,2-4,7-8,10-11,16-31H2,1H3,(H,46,53)(H,48,55)(H,49,56)(H2,45,47,59). The van der Waals surface area contributed by atoms with E-state index in [1.54, 1.807) is 11.9 Å².